The maximum atomic E-state index is 14.0. The lowest BCUT2D eigenvalue weighted by Gasteiger charge is -2.34. The quantitative estimate of drug-likeness (QED) is 0.751. The Balaban J connectivity index is 1.65. The van der Waals surface area contributed by atoms with Crippen LogP contribution in [0.25, 0.3) is 11.3 Å². The van der Waals surface area contributed by atoms with Gasteiger partial charge in [-0.25, -0.2) is 9.37 Å². The van der Waals surface area contributed by atoms with E-state index in [2.05, 4.69) is 26.8 Å². The summed E-state index contributed by atoms with van der Waals surface area (Å²) in [6, 6.07) is 8.14. The van der Waals surface area contributed by atoms with Gasteiger partial charge < -0.3 is 9.67 Å². The van der Waals surface area contributed by atoms with Crippen molar-refractivity contribution >= 4 is 0 Å². The number of aliphatic hydroxyl groups excluding tert-OH is 1. The molecule has 2 aromatic heterocycles. The van der Waals surface area contributed by atoms with Crippen LogP contribution in [-0.4, -0.2) is 24.4 Å². The van der Waals surface area contributed by atoms with Crippen molar-refractivity contribution in [2.75, 3.05) is 0 Å². The fourth-order valence-corrected chi connectivity index (χ4v) is 4.12. The molecule has 0 radical (unpaired) electrons. The second kappa shape index (κ2) is 4.52. The molecule has 0 amide bonds. The summed E-state index contributed by atoms with van der Waals surface area (Å²) < 4.78 is 17.7. The van der Waals surface area contributed by atoms with Crippen molar-refractivity contribution in [2.24, 2.45) is 5.92 Å². The molecule has 0 fully saturated rings. The van der Waals surface area contributed by atoms with Crippen LogP contribution in [0, 0.1) is 11.7 Å². The van der Waals surface area contributed by atoms with Crippen LogP contribution in [-0.2, 0) is 6.54 Å². The molecule has 4 heterocycles. The van der Waals surface area contributed by atoms with Crippen LogP contribution >= 0.6 is 0 Å². The Hall–Kier alpha value is -2.47. The molecule has 23 heavy (non-hydrogen) atoms. The SMILES string of the molecule is O[C@@H]1c2c(F)cnn2CC[C@H]1C1c2ccccc2-c2cncn21. The number of nitrogens with zero attached hydrogens (tertiary/aromatic N) is 4. The van der Waals surface area contributed by atoms with Gasteiger partial charge in [0.25, 0.3) is 0 Å². The smallest absolute Gasteiger partial charge is 0.166 e. The third-order valence-electron chi connectivity index (χ3n) is 5.12. The lowest BCUT2D eigenvalue weighted by atomic mass is 9.83. The highest BCUT2D eigenvalue weighted by Crippen LogP contribution is 2.48. The number of aromatic nitrogens is 4. The number of benzene rings is 1. The highest BCUT2D eigenvalue weighted by atomic mass is 19.1. The van der Waals surface area contributed by atoms with Gasteiger partial charge in [0.15, 0.2) is 5.82 Å². The highest BCUT2D eigenvalue weighted by molar-refractivity contribution is 5.69. The standard InChI is InChI=1S/C17H15FN4O/c18-13-7-20-22-6-5-12(17(23)16(13)22)15-11-4-2-1-3-10(11)14-8-19-9-21(14)15/h1-4,7-9,12,15,17,23H,5-6H2/t12-,15?,17-/m0/s1. The number of rotatable bonds is 1. The fourth-order valence-electron chi connectivity index (χ4n) is 4.12. The molecule has 0 spiro atoms. The summed E-state index contributed by atoms with van der Waals surface area (Å²) in [6.45, 7) is 0.615. The van der Waals surface area contributed by atoms with Gasteiger partial charge in [0.1, 0.15) is 11.8 Å². The highest BCUT2D eigenvalue weighted by Gasteiger charge is 2.42. The Kier molecular flexibility index (Phi) is 2.56. The Morgan fingerprint density at radius 1 is 1.22 bits per heavy atom. The van der Waals surface area contributed by atoms with Crippen molar-refractivity contribution in [3.63, 3.8) is 0 Å². The maximum absolute atomic E-state index is 14.0. The second-order valence-corrected chi connectivity index (χ2v) is 6.22. The van der Waals surface area contributed by atoms with Crippen molar-refractivity contribution in [3.8, 4) is 11.3 Å². The summed E-state index contributed by atoms with van der Waals surface area (Å²) in [5.41, 5.74) is 3.66. The molecular formula is C17H15FN4O. The van der Waals surface area contributed by atoms with Gasteiger partial charge in [0.05, 0.1) is 30.5 Å². The van der Waals surface area contributed by atoms with E-state index in [1.54, 1.807) is 11.0 Å². The van der Waals surface area contributed by atoms with Crippen molar-refractivity contribution in [3.05, 3.63) is 60.1 Å². The minimum absolute atomic E-state index is 0.0262. The monoisotopic (exact) mass is 310 g/mol. The predicted molar refractivity (Wildman–Crippen MR) is 81.1 cm³/mol. The van der Waals surface area contributed by atoms with Gasteiger partial charge in [-0.1, -0.05) is 24.3 Å². The molecular weight excluding hydrogens is 295 g/mol. The summed E-state index contributed by atoms with van der Waals surface area (Å²) in [7, 11) is 0. The Morgan fingerprint density at radius 3 is 3.00 bits per heavy atom. The molecule has 5 nitrogen and oxygen atoms in total. The molecule has 3 aromatic rings. The van der Waals surface area contributed by atoms with E-state index < -0.39 is 11.9 Å². The third-order valence-corrected chi connectivity index (χ3v) is 5.12. The Bertz CT molecular complexity index is 900. The van der Waals surface area contributed by atoms with Crippen LogP contribution in [0.3, 0.4) is 0 Å². The first-order valence-corrected chi connectivity index (χ1v) is 7.76. The molecule has 2 aliphatic heterocycles. The average Bonchev–Trinajstić information content (AvgIpc) is 3.23. The summed E-state index contributed by atoms with van der Waals surface area (Å²) in [5.74, 6) is -0.537. The largest absolute Gasteiger partial charge is 0.386 e. The van der Waals surface area contributed by atoms with Crippen molar-refractivity contribution < 1.29 is 9.50 Å². The van der Waals surface area contributed by atoms with Gasteiger partial charge in [-0.3, -0.25) is 4.68 Å². The second-order valence-electron chi connectivity index (χ2n) is 6.22. The summed E-state index contributed by atoms with van der Waals surface area (Å²) in [6.07, 6.45) is 4.70. The molecule has 5 rings (SSSR count). The van der Waals surface area contributed by atoms with Crippen molar-refractivity contribution in [1.29, 1.82) is 0 Å². The summed E-state index contributed by atoms with van der Waals surface area (Å²) in [5, 5.41) is 14.8. The van der Waals surface area contributed by atoms with Gasteiger partial charge in [0, 0.05) is 18.0 Å². The van der Waals surface area contributed by atoms with Gasteiger partial charge in [-0.05, 0) is 12.0 Å². The topological polar surface area (TPSA) is 55.9 Å². The van der Waals surface area contributed by atoms with E-state index in [4.69, 9.17) is 0 Å². The average molecular weight is 310 g/mol. The first-order chi connectivity index (χ1) is 11.3. The lowest BCUT2D eigenvalue weighted by molar-refractivity contribution is 0.0492. The number of hydrogen-bond acceptors (Lipinski definition) is 3. The summed E-state index contributed by atoms with van der Waals surface area (Å²) >= 11 is 0. The maximum Gasteiger partial charge on any atom is 0.166 e. The molecule has 0 saturated carbocycles. The van der Waals surface area contributed by atoms with Gasteiger partial charge >= 0.3 is 0 Å². The number of aryl methyl sites for hydroxylation is 1. The fraction of sp³-hybridized carbons (Fsp3) is 0.294. The van der Waals surface area contributed by atoms with E-state index in [1.165, 1.54) is 11.8 Å². The van der Waals surface area contributed by atoms with Crippen molar-refractivity contribution in [1.82, 2.24) is 19.3 Å². The normalized spacial score (nSPS) is 25.0. The van der Waals surface area contributed by atoms with Gasteiger partial charge in [-0.2, -0.15) is 5.10 Å². The van der Waals surface area contributed by atoms with Crippen LogP contribution < -0.4 is 0 Å². The number of aliphatic hydroxyl groups is 1. The molecule has 0 bridgehead atoms. The minimum atomic E-state index is -0.877. The van der Waals surface area contributed by atoms with E-state index in [0.29, 0.717) is 12.2 Å². The zero-order chi connectivity index (χ0) is 15.6. The van der Waals surface area contributed by atoms with Crippen LogP contribution in [0.5, 0.6) is 0 Å². The zero-order valence-corrected chi connectivity index (χ0v) is 12.3. The lowest BCUT2D eigenvalue weighted by Crippen LogP contribution is -2.31. The van der Waals surface area contributed by atoms with Crippen molar-refractivity contribution in [2.45, 2.75) is 25.1 Å². The molecule has 0 saturated heterocycles. The summed E-state index contributed by atoms with van der Waals surface area (Å²) in [4.78, 5) is 4.25. The van der Waals surface area contributed by atoms with Gasteiger partial charge in [-0.15, -0.1) is 0 Å². The molecule has 3 atom stereocenters. The first-order valence-electron chi connectivity index (χ1n) is 7.76. The number of imidazole rings is 1. The molecule has 116 valence electrons. The molecule has 1 unspecified atom stereocenters. The molecule has 0 aliphatic carbocycles. The predicted octanol–water partition coefficient (Wildman–Crippen LogP) is 2.54. The molecule has 6 heteroatoms. The number of hydrogen-bond donors (Lipinski definition) is 1. The Labute approximate surface area is 132 Å². The van der Waals surface area contributed by atoms with Gasteiger partial charge in [0.2, 0.25) is 0 Å². The van der Waals surface area contributed by atoms with Crippen LogP contribution in [0.15, 0.2) is 43.0 Å². The van der Waals surface area contributed by atoms with Crippen LogP contribution in [0.4, 0.5) is 4.39 Å². The molecule has 1 N–H and O–H groups in total. The third kappa shape index (κ3) is 1.64. The molecule has 1 aromatic carbocycles. The van der Waals surface area contributed by atoms with E-state index in [9.17, 15) is 9.50 Å². The molecule has 2 aliphatic rings. The Morgan fingerprint density at radius 2 is 2.09 bits per heavy atom. The zero-order valence-electron chi connectivity index (χ0n) is 12.3. The minimum Gasteiger partial charge on any atom is -0.386 e. The van der Waals surface area contributed by atoms with E-state index >= 15 is 0 Å². The first kappa shape index (κ1) is 13.0. The number of fused-ring (bicyclic) bond motifs is 4. The number of halogens is 1. The van der Waals surface area contributed by atoms with Crippen LogP contribution in [0.2, 0.25) is 0 Å². The van der Waals surface area contributed by atoms with E-state index in [0.717, 1.165) is 17.7 Å². The van der Waals surface area contributed by atoms with E-state index in [1.807, 2.05) is 18.3 Å². The van der Waals surface area contributed by atoms with E-state index in [-0.39, 0.29) is 12.0 Å². The van der Waals surface area contributed by atoms with Crippen LogP contribution in [0.1, 0.15) is 29.8 Å².